The molecule has 2 nitrogen and oxygen atoms in total. The predicted molar refractivity (Wildman–Crippen MR) is 64.5 cm³/mol. The fraction of sp³-hybridized carbons (Fsp3) is 1.00. The standard InChI is InChI=1S/C13H26N2/c14-12-5-1-3-10(8-12)7-11-4-2-6-13(15)9-11/h10-13H,1-9,14-15H2/t10-,11-,12-,13-/m0/s1. The van der Waals surface area contributed by atoms with Gasteiger partial charge in [-0.15, -0.1) is 0 Å². The van der Waals surface area contributed by atoms with Crippen LogP contribution in [0.4, 0.5) is 0 Å². The van der Waals surface area contributed by atoms with Gasteiger partial charge in [-0.25, -0.2) is 0 Å². The average molecular weight is 210 g/mol. The molecule has 2 fully saturated rings. The fourth-order valence-corrected chi connectivity index (χ4v) is 3.56. The molecule has 0 aromatic heterocycles. The Bertz CT molecular complexity index is 173. The molecule has 0 radical (unpaired) electrons. The van der Waals surface area contributed by atoms with Crippen molar-refractivity contribution >= 4 is 0 Å². The first-order chi connectivity index (χ1) is 7.24. The molecule has 2 heteroatoms. The van der Waals surface area contributed by atoms with Crippen LogP contribution in [-0.2, 0) is 0 Å². The molecule has 0 saturated heterocycles. The van der Waals surface area contributed by atoms with Crippen molar-refractivity contribution in [3.05, 3.63) is 0 Å². The minimum absolute atomic E-state index is 0.487. The van der Waals surface area contributed by atoms with Crippen molar-refractivity contribution in [3.63, 3.8) is 0 Å². The third-order valence-corrected chi connectivity index (χ3v) is 4.31. The maximum atomic E-state index is 6.03. The van der Waals surface area contributed by atoms with E-state index in [0.29, 0.717) is 12.1 Å². The third kappa shape index (κ3) is 3.46. The van der Waals surface area contributed by atoms with E-state index in [1.54, 1.807) is 0 Å². The van der Waals surface area contributed by atoms with Crippen LogP contribution >= 0.6 is 0 Å². The Balaban J connectivity index is 1.75. The number of hydrogen-bond donors (Lipinski definition) is 2. The molecular weight excluding hydrogens is 184 g/mol. The molecule has 2 rings (SSSR count). The molecule has 0 aromatic carbocycles. The summed E-state index contributed by atoms with van der Waals surface area (Å²) in [5.74, 6) is 1.81. The Morgan fingerprint density at radius 1 is 0.733 bits per heavy atom. The lowest BCUT2D eigenvalue weighted by Crippen LogP contribution is -2.32. The van der Waals surface area contributed by atoms with Gasteiger partial charge in [0.1, 0.15) is 0 Å². The summed E-state index contributed by atoms with van der Waals surface area (Å²) in [6.45, 7) is 0. The van der Waals surface area contributed by atoms with E-state index < -0.39 is 0 Å². The van der Waals surface area contributed by atoms with Gasteiger partial charge in [-0.2, -0.15) is 0 Å². The van der Waals surface area contributed by atoms with E-state index in [0.717, 1.165) is 11.8 Å². The lowest BCUT2D eigenvalue weighted by Gasteiger charge is -2.33. The summed E-state index contributed by atoms with van der Waals surface area (Å²) in [6.07, 6.45) is 12.0. The monoisotopic (exact) mass is 210 g/mol. The second kappa shape index (κ2) is 5.31. The van der Waals surface area contributed by atoms with Crippen LogP contribution in [0.3, 0.4) is 0 Å². The quantitative estimate of drug-likeness (QED) is 0.735. The lowest BCUT2D eigenvalue weighted by atomic mass is 9.75. The average Bonchev–Trinajstić information content (AvgIpc) is 2.17. The van der Waals surface area contributed by atoms with Gasteiger partial charge in [0.05, 0.1) is 0 Å². The maximum absolute atomic E-state index is 6.03. The van der Waals surface area contributed by atoms with Gasteiger partial charge >= 0.3 is 0 Å². The van der Waals surface area contributed by atoms with Crippen LogP contribution in [0, 0.1) is 11.8 Å². The Labute approximate surface area is 93.8 Å². The highest BCUT2D eigenvalue weighted by Gasteiger charge is 2.25. The van der Waals surface area contributed by atoms with Gasteiger partial charge in [0.25, 0.3) is 0 Å². The van der Waals surface area contributed by atoms with E-state index in [4.69, 9.17) is 11.5 Å². The molecule has 0 bridgehead atoms. The first kappa shape index (κ1) is 11.4. The molecule has 0 heterocycles. The van der Waals surface area contributed by atoms with Crippen molar-refractivity contribution in [2.24, 2.45) is 23.3 Å². The van der Waals surface area contributed by atoms with E-state index in [9.17, 15) is 0 Å². The molecule has 0 aliphatic heterocycles. The van der Waals surface area contributed by atoms with E-state index in [-0.39, 0.29) is 0 Å². The Morgan fingerprint density at radius 3 is 1.60 bits per heavy atom. The first-order valence-corrected chi connectivity index (χ1v) is 6.75. The van der Waals surface area contributed by atoms with Crippen molar-refractivity contribution in [1.82, 2.24) is 0 Å². The number of rotatable bonds is 2. The van der Waals surface area contributed by atoms with Crippen molar-refractivity contribution in [3.8, 4) is 0 Å². The Hall–Kier alpha value is -0.0800. The SMILES string of the molecule is N[C@H]1CCC[C@@H](C[C@@H]2CCC[C@H](N)C2)C1. The largest absolute Gasteiger partial charge is 0.328 e. The van der Waals surface area contributed by atoms with Crippen LogP contribution in [0.1, 0.15) is 57.8 Å². The van der Waals surface area contributed by atoms with Gasteiger partial charge < -0.3 is 11.5 Å². The molecule has 0 aromatic rings. The summed E-state index contributed by atoms with van der Waals surface area (Å²) in [6, 6.07) is 0.974. The predicted octanol–water partition coefficient (Wildman–Crippen LogP) is 2.41. The summed E-state index contributed by atoms with van der Waals surface area (Å²) in [5.41, 5.74) is 12.1. The third-order valence-electron chi connectivity index (χ3n) is 4.31. The zero-order valence-corrected chi connectivity index (χ0v) is 9.83. The lowest BCUT2D eigenvalue weighted by molar-refractivity contribution is 0.221. The highest BCUT2D eigenvalue weighted by Crippen LogP contribution is 2.34. The number of nitrogens with two attached hydrogens (primary N) is 2. The van der Waals surface area contributed by atoms with Crippen LogP contribution in [0.2, 0.25) is 0 Å². The van der Waals surface area contributed by atoms with Crippen molar-refractivity contribution in [2.75, 3.05) is 0 Å². The summed E-state index contributed by atoms with van der Waals surface area (Å²) < 4.78 is 0. The van der Waals surface area contributed by atoms with Crippen LogP contribution in [0.15, 0.2) is 0 Å². The second-order valence-corrected chi connectivity index (χ2v) is 5.82. The molecule has 15 heavy (non-hydrogen) atoms. The fourth-order valence-electron chi connectivity index (χ4n) is 3.56. The maximum Gasteiger partial charge on any atom is 0.00414 e. The topological polar surface area (TPSA) is 52.0 Å². The molecule has 2 aliphatic rings. The van der Waals surface area contributed by atoms with Gasteiger partial charge in [-0.3, -0.25) is 0 Å². The molecule has 2 saturated carbocycles. The molecule has 4 N–H and O–H groups in total. The minimum Gasteiger partial charge on any atom is -0.328 e. The molecular formula is C13H26N2. The van der Waals surface area contributed by atoms with Gasteiger partial charge in [-0.05, 0) is 43.9 Å². The van der Waals surface area contributed by atoms with Gasteiger partial charge in [-0.1, -0.05) is 25.7 Å². The molecule has 0 unspecified atom stereocenters. The minimum atomic E-state index is 0.487. The van der Waals surface area contributed by atoms with Crippen LogP contribution in [0.25, 0.3) is 0 Å². The zero-order valence-electron chi connectivity index (χ0n) is 9.83. The zero-order chi connectivity index (χ0) is 10.7. The van der Waals surface area contributed by atoms with Crippen LogP contribution in [-0.4, -0.2) is 12.1 Å². The Kier molecular flexibility index (Phi) is 4.04. The summed E-state index contributed by atoms with van der Waals surface area (Å²) >= 11 is 0. The van der Waals surface area contributed by atoms with Gasteiger partial charge in [0, 0.05) is 12.1 Å². The van der Waals surface area contributed by atoms with Crippen LogP contribution in [0.5, 0.6) is 0 Å². The van der Waals surface area contributed by atoms with Crippen molar-refractivity contribution in [1.29, 1.82) is 0 Å². The van der Waals surface area contributed by atoms with Gasteiger partial charge in [0.15, 0.2) is 0 Å². The highest BCUT2D eigenvalue weighted by molar-refractivity contribution is 4.81. The normalized spacial score (nSPS) is 42.8. The highest BCUT2D eigenvalue weighted by atomic mass is 14.6. The first-order valence-electron chi connectivity index (χ1n) is 6.75. The molecule has 0 spiro atoms. The second-order valence-electron chi connectivity index (χ2n) is 5.82. The molecule has 2 aliphatic carbocycles. The van der Waals surface area contributed by atoms with Crippen LogP contribution < -0.4 is 11.5 Å². The molecule has 0 amide bonds. The molecule has 88 valence electrons. The summed E-state index contributed by atoms with van der Waals surface area (Å²) in [5, 5.41) is 0. The number of hydrogen-bond acceptors (Lipinski definition) is 2. The molecule has 4 atom stereocenters. The van der Waals surface area contributed by atoms with E-state index in [1.807, 2.05) is 0 Å². The summed E-state index contributed by atoms with van der Waals surface area (Å²) in [7, 11) is 0. The van der Waals surface area contributed by atoms with E-state index in [1.165, 1.54) is 57.8 Å². The van der Waals surface area contributed by atoms with Gasteiger partial charge in [0.2, 0.25) is 0 Å². The van der Waals surface area contributed by atoms with E-state index in [2.05, 4.69) is 0 Å². The summed E-state index contributed by atoms with van der Waals surface area (Å²) in [4.78, 5) is 0. The smallest absolute Gasteiger partial charge is 0.00414 e. The van der Waals surface area contributed by atoms with E-state index >= 15 is 0 Å². The Morgan fingerprint density at radius 2 is 1.20 bits per heavy atom. The van der Waals surface area contributed by atoms with Crippen molar-refractivity contribution < 1.29 is 0 Å². The van der Waals surface area contributed by atoms with Crippen molar-refractivity contribution in [2.45, 2.75) is 69.9 Å².